The van der Waals surface area contributed by atoms with Gasteiger partial charge < -0.3 is 15.0 Å². The SMILES string of the molecule is Cn1c(SCCC(=O)NCCc2ccccc2O)nnc1-c1ccccc1. The lowest BCUT2D eigenvalue weighted by atomic mass is 10.1. The van der Waals surface area contributed by atoms with Crippen molar-refractivity contribution in [1.29, 1.82) is 0 Å². The van der Waals surface area contributed by atoms with Crippen molar-refractivity contribution in [2.75, 3.05) is 12.3 Å². The topological polar surface area (TPSA) is 80.0 Å². The second-order valence-corrected chi connectivity index (χ2v) is 7.12. The van der Waals surface area contributed by atoms with Gasteiger partial charge in [0, 0.05) is 31.3 Å². The highest BCUT2D eigenvalue weighted by molar-refractivity contribution is 7.99. The van der Waals surface area contributed by atoms with Crippen LogP contribution in [0.5, 0.6) is 5.75 Å². The molecule has 0 aliphatic carbocycles. The number of para-hydroxylation sites is 1. The maximum absolute atomic E-state index is 12.0. The van der Waals surface area contributed by atoms with Crippen LogP contribution in [0.2, 0.25) is 0 Å². The molecule has 1 amide bonds. The molecular weight excluding hydrogens is 360 g/mol. The first-order chi connectivity index (χ1) is 13.1. The lowest BCUT2D eigenvalue weighted by Gasteiger charge is -2.07. The fourth-order valence-corrected chi connectivity index (χ4v) is 3.51. The molecular formula is C20H22N4O2S. The van der Waals surface area contributed by atoms with E-state index >= 15 is 0 Å². The number of nitrogens with one attached hydrogen (secondary N) is 1. The van der Waals surface area contributed by atoms with E-state index in [-0.39, 0.29) is 11.7 Å². The number of phenolic OH excluding ortho intramolecular Hbond substituents is 1. The molecule has 1 aromatic heterocycles. The normalized spacial score (nSPS) is 10.7. The first kappa shape index (κ1) is 19.0. The van der Waals surface area contributed by atoms with Gasteiger partial charge in [-0.15, -0.1) is 10.2 Å². The maximum Gasteiger partial charge on any atom is 0.220 e. The van der Waals surface area contributed by atoms with E-state index in [1.165, 1.54) is 11.8 Å². The molecule has 6 nitrogen and oxygen atoms in total. The molecule has 0 fully saturated rings. The van der Waals surface area contributed by atoms with Crippen molar-refractivity contribution in [2.45, 2.75) is 18.0 Å². The van der Waals surface area contributed by atoms with Gasteiger partial charge >= 0.3 is 0 Å². The summed E-state index contributed by atoms with van der Waals surface area (Å²) < 4.78 is 1.94. The van der Waals surface area contributed by atoms with Gasteiger partial charge in [-0.05, 0) is 18.1 Å². The molecule has 1 heterocycles. The van der Waals surface area contributed by atoms with Crippen molar-refractivity contribution in [3.63, 3.8) is 0 Å². The largest absolute Gasteiger partial charge is 0.508 e. The zero-order valence-corrected chi connectivity index (χ0v) is 15.9. The van der Waals surface area contributed by atoms with Crippen LogP contribution in [-0.4, -0.2) is 38.1 Å². The number of phenols is 1. The van der Waals surface area contributed by atoms with Crippen LogP contribution in [0.3, 0.4) is 0 Å². The summed E-state index contributed by atoms with van der Waals surface area (Å²) in [6.45, 7) is 0.503. The van der Waals surface area contributed by atoms with Crippen LogP contribution < -0.4 is 5.32 Å². The number of nitrogens with zero attached hydrogens (tertiary/aromatic N) is 3. The number of aromatic nitrogens is 3. The minimum atomic E-state index is -0.0108. The third-order valence-corrected chi connectivity index (χ3v) is 5.16. The van der Waals surface area contributed by atoms with Crippen molar-refractivity contribution >= 4 is 17.7 Å². The Hall–Kier alpha value is -2.80. The van der Waals surface area contributed by atoms with Crippen LogP contribution in [-0.2, 0) is 18.3 Å². The molecule has 2 aromatic carbocycles. The van der Waals surface area contributed by atoms with Crippen LogP contribution in [0, 0.1) is 0 Å². The molecule has 0 radical (unpaired) electrons. The quantitative estimate of drug-likeness (QED) is 0.586. The molecule has 0 saturated carbocycles. The van der Waals surface area contributed by atoms with Crippen molar-refractivity contribution < 1.29 is 9.90 Å². The molecule has 0 bridgehead atoms. The number of hydrogen-bond acceptors (Lipinski definition) is 5. The van der Waals surface area contributed by atoms with E-state index in [0.29, 0.717) is 25.1 Å². The monoisotopic (exact) mass is 382 g/mol. The number of carbonyl (C=O) groups is 1. The van der Waals surface area contributed by atoms with Gasteiger partial charge in [0.2, 0.25) is 5.91 Å². The van der Waals surface area contributed by atoms with Crippen LogP contribution in [0.15, 0.2) is 59.8 Å². The van der Waals surface area contributed by atoms with E-state index in [9.17, 15) is 9.90 Å². The lowest BCUT2D eigenvalue weighted by Crippen LogP contribution is -2.25. The van der Waals surface area contributed by atoms with Gasteiger partial charge in [-0.3, -0.25) is 4.79 Å². The summed E-state index contributed by atoms with van der Waals surface area (Å²) in [5, 5.41) is 21.9. The standard InChI is InChI=1S/C20H22N4O2S/c1-24-19(16-8-3-2-4-9-16)22-23-20(24)27-14-12-18(26)21-13-11-15-7-5-6-10-17(15)25/h2-10,25H,11-14H2,1H3,(H,21,26). The molecule has 2 N–H and O–H groups in total. The van der Waals surface area contributed by atoms with Gasteiger partial charge in [0.25, 0.3) is 0 Å². The highest BCUT2D eigenvalue weighted by Crippen LogP contribution is 2.22. The van der Waals surface area contributed by atoms with Gasteiger partial charge in [0.1, 0.15) is 5.75 Å². The minimum absolute atomic E-state index is 0.0108. The molecule has 0 aliphatic rings. The van der Waals surface area contributed by atoms with E-state index < -0.39 is 0 Å². The summed E-state index contributed by atoms with van der Waals surface area (Å²) >= 11 is 1.51. The van der Waals surface area contributed by atoms with Gasteiger partial charge in [-0.2, -0.15) is 0 Å². The zero-order valence-electron chi connectivity index (χ0n) is 15.1. The summed E-state index contributed by atoms with van der Waals surface area (Å²) in [5.74, 6) is 1.69. The Bertz CT molecular complexity index is 896. The Balaban J connectivity index is 1.43. The van der Waals surface area contributed by atoms with E-state index in [0.717, 1.165) is 22.1 Å². The summed E-state index contributed by atoms with van der Waals surface area (Å²) in [4.78, 5) is 12.0. The van der Waals surface area contributed by atoms with E-state index in [1.54, 1.807) is 12.1 Å². The number of aromatic hydroxyl groups is 1. The highest BCUT2D eigenvalue weighted by atomic mass is 32.2. The Morgan fingerprint density at radius 3 is 2.63 bits per heavy atom. The Labute approximate surface area is 162 Å². The molecule has 27 heavy (non-hydrogen) atoms. The Kier molecular flexibility index (Phi) is 6.49. The van der Waals surface area contributed by atoms with Crippen LogP contribution in [0.25, 0.3) is 11.4 Å². The zero-order chi connectivity index (χ0) is 19.1. The molecule has 0 spiro atoms. The molecule has 0 saturated heterocycles. The third-order valence-electron chi connectivity index (χ3n) is 4.14. The van der Waals surface area contributed by atoms with Crippen LogP contribution >= 0.6 is 11.8 Å². The van der Waals surface area contributed by atoms with Gasteiger partial charge in [0.15, 0.2) is 11.0 Å². The molecule has 140 valence electrons. The molecule has 0 aliphatic heterocycles. The number of hydrogen-bond donors (Lipinski definition) is 2. The number of amides is 1. The Morgan fingerprint density at radius 1 is 1.11 bits per heavy atom. The van der Waals surface area contributed by atoms with Crippen molar-refractivity contribution in [1.82, 2.24) is 20.1 Å². The minimum Gasteiger partial charge on any atom is -0.508 e. The lowest BCUT2D eigenvalue weighted by molar-refractivity contribution is -0.120. The second-order valence-electron chi connectivity index (χ2n) is 6.06. The van der Waals surface area contributed by atoms with Crippen molar-refractivity contribution in [3.8, 4) is 17.1 Å². The maximum atomic E-state index is 12.0. The first-order valence-corrected chi connectivity index (χ1v) is 9.75. The molecule has 3 rings (SSSR count). The highest BCUT2D eigenvalue weighted by Gasteiger charge is 2.11. The summed E-state index contributed by atoms with van der Waals surface area (Å²) in [7, 11) is 1.93. The van der Waals surface area contributed by atoms with Crippen molar-refractivity contribution in [3.05, 3.63) is 60.2 Å². The van der Waals surface area contributed by atoms with Crippen LogP contribution in [0.1, 0.15) is 12.0 Å². The number of carbonyl (C=O) groups excluding carboxylic acids is 1. The molecule has 7 heteroatoms. The summed E-state index contributed by atoms with van der Waals surface area (Å²) in [5.41, 5.74) is 1.85. The van der Waals surface area contributed by atoms with Gasteiger partial charge in [-0.25, -0.2) is 0 Å². The fourth-order valence-electron chi connectivity index (χ4n) is 2.66. The number of benzene rings is 2. The van der Waals surface area contributed by atoms with E-state index in [1.807, 2.05) is 54.1 Å². The first-order valence-electron chi connectivity index (χ1n) is 8.76. The number of thioether (sulfide) groups is 1. The molecule has 0 atom stereocenters. The smallest absolute Gasteiger partial charge is 0.220 e. The number of rotatable bonds is 8. The third kappa shape index (κ3) is 5.10. The van der Waals surface area contributed by atoms with Gasteiger partial charge in [-0.1, -0.05) is 60.3 Å². The van der Waals surface area contributed by atoms with Gasteiger partial charge in [0.05, 0.1) is 0 Å². The van der Waals surface area contributed by atoms with E-state index in [2.05, 4.69) is 15.5 Å². The average molecular weight is 382 g/mol. The summed E-state index contributed by atoms with van der Waals surface area (Å²) in [6.07, 6.45) is 1.01. The van der Waals surface area contributed by atoms with Crippen LogP contribution in [0.4, 0.5) is 0 Å². The van der Waals surface area contributed by atoms with E-state index in [4.69, 9.17) is 0 Å². The fraction of sp³-hybridized carbons (Fsp3) is 0.250. The second kappa shape index (κ2) is 9.23. The summed E-state index contributed by atoms with van der Waals surface area (Å²) in [6, 6.07) is 17.1. The predicted molar refractivity (Wildman–Crippen MR) is 107 cm³/mol. The predicted octanol–water partition coefficient (Wildman–Crippen LogP) is 3.03. The Morgan fingerprint density at radius 2 is 1.85 bits per heavy atom. The molecule has 0 unspecified atom stereocenters. The molecule has 3 aromatic rings. The average Bonchev–Trinajstić information content (AvgIpc) is 3.05. The van der Waals surface area contributed by atoms with Crippen molar-refractivity contribution in [2.24, 2.45) is 7.05 Å².